The lowest BCUT2D eigenvalue weighted by Crippen LogP contribution is -2.38. The van der Waals surface area contributed by atoms with Crippen molar-refractivity contribution < 1.29 is 18.7 Å². The van der Waals surface area contributed by atoms with E-state index in [0.29, 0.717) is 29.4 Å². The first-order valence-electron chi connectivity index (χ1n) is 7.31. The van der Waals surface area contributed by atoms with E-state index < -0.39 is 0 Å². The molecule has 1 aromatic heterocycles. The third-order valence-electron chi connectivity index (χ3n) is 3.04. The highest BCUT2D eigenvalue weighted by Gasteiger charge is 2.10. The summed E-state index contributed by atoms with van der Waals surface area (Å²) in [5.41, 5.74) is 1.25. The molecule has 0 bridgehead atoms. The Morgan fingerprint density at radius 3 is 2.88 bits per heavy atom. The van der Waals surface area contributed by atoms with Crippen molar-refractivity contribution in [1.29, 1.82) is 0 Å². The van der Waals surface area contributed by atoms with Gasteiger partial charge >= 0.3 is 0 Å². The van der Waals surface area contributed by atoms with E-state index in [1.54, 1.807) is 24.6 Å². The summed E-state index contributed by atoms with van der Waals surface area (Å²) in [6.45, 7) is 0.721. The Labute approximate surface area is 143 Å². The lowest BCUT2D eigenvalue weighted by atomic mass is 10.2. The number of hydrogen-bond acceptors (Lipinski definition) is 5. The van der Waals surface area contributed by atoms with Gasteiger partial charge < -0.3 is 15.4 Å². The van der Waals surface area contributed by atoms with E-state index in [4.69, 9.17) is 4.74 Å². The molecule has 128 valence electrons. The van der Waals surface area contributed by atoms with Crippen LogP contribution in [0.2, 0.25) is 0 Å². The molecule has 8 heteroatoms. The lowest BCUT2D eigenvalue weighted by Gasteiger charge is -2.05. The smallest absolute Gasteiger partial charge is 0.239 e. The molecular weight excluding hydrogens is 333 g/mol. The number of nitrogens with one attached hydrogen (secondary N) is 2. The van der Waals surface area contributed by atoms with Gasteiger partial charge in [-0.3, -0.25) is 9.59 Å². The molecule has 1 heterocycles. The molecule has 0 saturated carbocycles. The monoisotopic (exact) mass is 351 g/mol. The quantitative estimate of drug-likeness (QED) is 0.704. The van der Waals surface area contributed by atoms with Gasteiger partial charge in [0.2, 0.25) is 11.8 Å². The van der Waals surface area contributed by atoms with Crippen molar-refractivity contribution in [2.24, 2.45) is 0 Å². The molecule has 0 spiro atoms. The Bertz CT molecular complexity index is 705. The molecule has 24 heavy (non-hydrogen) atoms. The molecule has 0 aliphatic rings. The number of thiazole rings is 1. The van der Waals surface area contributed by atoms with Crippen LogP contribution in [-0.4, -0.2) is 43.6 Å². The molecule has 6 nitrogen and oxygen atoms in total. The van der Waals surface area contributed by atoms with Crippen LogP contribution in [0.5, 0.6) is 0 Å². The zero-order chi connectivity index (χ0) is 17.4. The maximum absolute atomic E-state index is 13.2. The minimum absolute atomic E-state index is 0.0666. The maximum Gasteiger partial charge on any atom is 0.239 e. The van der Waals surface area contributed by atoms with Crippen LogP contribution in [-0.2, 0) is 20.7 Å². The average molecular weight is 351 g/mol. The van der Waals surface area contributed by atoms with Crippen LogP contribution in [0.15, 0.2) is 29.6 Å². The number of halogens is 1. The average Bonchev–Trinajstić information content (AvgIpc) is 3.02. The van der Waals surface area contributed by atoms with E-state index in [1.807, 2.05) is 0 Å². The van der Waals surface area contributed by atoms with Crippen LogP contribution in [0.4, 0.5) is 4.39 Å². The van der Waals surface area contributed by atoms with Gasteiger partial charge in [0.1, 0.15) is 10.8 Å². The molecule has 0 aliphatic carbocycles. The lowest BCUT2D eigenvalue weighted by molar-refractivity contribution is -0.125. The number of carbonyl (C=O) groups excluding carboxylic acids is 2. The molecule has 0 atom stereocenters. The van der Waals surface area contributed by atoms with E-state index in [9.17, 15) is 14.0 Å². The van der Waals surface area contributed by atoms with Gasteiger partial charge in [-0.2, -0.15) is 0 Å². The zero-order valence-electron chi connectivity index (χ0n) is 13.2. The van der Waals surface area contributed by atoms with Crippen molar-refractivity contribution in [3.63, 3.8) is 0 Å². The summed E-state index contributed by atoms with van der Waals surface area (Å²) in [6, 6.07) is 6.13. The van der Waals surface area contributed by atoms with Crippen LogP contribution in [0.1, 0.15) is 5.69 Å². The summed E-state index contributed by atoms with van der Waals surface area (Å²) in [4.78, 5) is 27.6. The van der Waals surface area contributed by atoms with Gasteiger partial charge in [0.25, 0.3) is 0 Å². The van der Waals surface area contributed by atoms with Gasteiger partial charge in [-0.05, 0) is 12.1 Å². The van der Waals surface area contributed by atoms with Crippen LogP contribution < -0.4 is 10.6 Å². The minimum atomic E-state index is -0.332. The van der Waals surface area contributed by atoms with E-state index in [1.165, 1.54) is 23.5 Å². The summed E-state index contributed by atoms with van der Waals surface area (Å²) < 4.78 is 18.0. The van der Waals surface area contributed by atoms with Gasteiger partial charge in [0, 0.05) is 24.6 Å². The molecule has 0 radical (unpaired) electrons. The number of carbonyl (C=O) groups is 2. The molecule has 2 rings (SSSR count). The predicted octanol–water partition coefficient (Wildman–Crippen LogP) is 1.37. The van der Waals surface area contributed by atoms with Crippen molar-refractivity contribution in [3.8, 4) is 10.6 Å². The van der Waals surface area contributed by atoms with Gasteiger partial charge in [0.05, 0.1) is 25.3 Å². The fourth-order valence-corrected chi connectivity index (χ4v) is 2.72. The third kappa shape index (κ3) is 5.71. The molecule has 0 saturated heterocycles. The van der Waals surface area contributed by atoms with Crippen LogP contribution >= 0.6 is 11.3 Å². The second kappa shape index (κ2) is 9.09. The summed E-state index contributed by atoms with van der Waals surface area (Å²) in [7, 11) is 1.54. The molecule has 2 aromatic rings. The van der Waals surface area contributed by atoms with Gasteiger partial charge in [0.15, 0.2) is 0 Å². The number of rotatable bonds is 8. The van der Waals surface area contributed by atoms with Crippen molar-refractivity contribution in [2.75, 3.05) is 26.8 Å². The highest BCUT2D eigenvalue weighted by molar-refractivity contribution is 7.13. The molecule has 1 aromatic carbocycles. The Morgan fingerprint density at radius 1 is 1.29 bits per heavy atom. The van der Waals surface area contributed by atoms with Crippen LogP contribution in [0.3, 0.4) is 0 Å². The van der Waals surface area contributed by atoms with E-state index in [0.717, 1.165) is 0 Å². The first kappa shape index (κ1) is 18.0. The van der Waals surface area contributed by atoms with Crippen molar-refractivity contribution >= 4 is 23.2 Å². The number of nitrogens with zero attached hydrogens (tertiary/aromatic N) is 1. The number of methoxy groups -OCH3 is 1. The van der Waals surface area contributed by atoms with Gasteiger partial charge in [-0.1, -0.05) is 12.1 Å². The summed E-state index contributed by atoms with van der Waals surface area (Å²) in [5, 5.41) is 7.53. The van der Waals surface area contributed by atoms with Crippen LogP contribution in [0, 0.1) is 5.82 Å². The largest absolute Gasteiger partial charge is 0.383 e. The summed E-state index contributed by atoms with van der Waals surface area (Å²) in [6.07, 6.45) is 0.0666. The Morgan fingerprint density at radius 2 is 2.12 bits per heavy atom. The van der Waals surface area contributed by atoms with Crippen molar-refractivity contribution in [1.82, 2.24) is 15.6 Å². The Kier molecular flexibility index (Phi) is 6.83. The fraction of sp³-hybridized carbons (Fsp3) is 0.312. The molecule has 0 aliphatic heterocycles. The van der Waals surface area contributed by atoms with Crippen LogP contribution in [0.25, 0.3) is 10.6 Å². The highest BCUT2D eigenvalue weighted by atomic mass is 32.1. The van der Waals surface area contributed by atoms with E-state index in [2.05, 4.69) is 15.6 Å². The standard InChI is InChI=1S/C16H18FN3O3S/c1-23-6-5-18-15(22)9-19-14(21)8-13-10-24-16(20-13)11-3-2-4-12(17)7-11/h2-4,7,10H,5-6,8-9H2,1H3,(H,18,22)(H,19,21). The molecule has 0 fully saturated rings. The number of hydrogen-bond donors (Lipinski definition) is 2. The molecule has 2 N–H and O–H groups in total. The number of ether oxygens (including phenoxy) is 1. The van der Waals surface area contributed by atoms with E-state index >= 15 is 0 Å². The zero-order valence-corrected chi connectivity index (χ0v) is 14.0. The summed E-state index contributed by atoms with van der Waals surface area (Å²) in [5.74, 6) is -0.909. The normalized spacial score (nSPS) is 10.4. The second-order valence-electron chi connectivity index (χ2n) is 4.95. The van der Waals surface area contributed by atoms with Gasteiger partial charge in [-0.15, -0.1) is 11.3 Å². The van der Waals surface area contributed by atoms with E-state index in [-0.39, 0.29) is 30.6 Å². The first-order chi connectivity index (χ1) is 11.6. The number of aromatic nitrogens is 1. The third-order valence-corrected chi connectivity index (χ3v) is 3.98. The molecule has 0 unspecified atom stereocenters. The summed E-state index contributed by atoms with van der Waals surface area (Å²) >= 11 is 1.34. The van der Waals surface area contributed by atoms with Crippen molar-refractivity contribution in [2.45, 2.75) is 6.42 Å². The minimum Gasteiger partial charge on any atom is -0.383 e. The first-order valence-corrected chi connectivity index (χ1v) is 8.19. The SMILES string of the molecule is COCCNC(=O)CNC(=O)Cc1csc(-c2cccc(F)c2)n1. The maximum atomic E-state index is 13.2. The molecular formula is C16H18FN3O3S. The Balaban J connectivity index is 1.81. The van der Waals surface area contributed by atoms with Crippen molar-refractivity contribution in [3.05, 3.63) is 41.2 Å². The fourth-order valence-electron chi connectivity index (χ4n) is 1.90. The number of amides is 2. The molecule has 2 amide bonds. The second-order valence-corrected chi connectivity index (χ2v) is 5.81. The highest BCUT2D eigenvalue weighted by Crippen LogP contribution is 2.24. The Hall–Kier alpha value is -2.32. The van der Waals surface area contributed by atoms with Gasteiger partial charge in [-0.25, -0.2) is 9.37 Å². The predicted molar refractivity (Wildman–Crippen MR) is 89.1 cm³/mol. The topological polar surface area (TPSA) is 80.3 Å². The number of benzene rings is 1.